The molecular formula is C14H18N2O4. The molecule has 1 heterocycles. The number of methoxy groups -OCH3 is 2. The van der Waals surface area contributed by atoms with E-state index in [9.17, 15) is 9.59 Å². The van der Waals surface area contributed by atoms with E-state index in [1.54, 1.807) is 18.2 Å². The van der Waals surface area contributed by atoms with Gasteiger partial charge in [-0.05, 0) is 31.0 Å². The summed E-state index contributed by atoms with van der Waals surface area (Å²) in [4.78, 5) is 25.7. The number of nitrogen functional groups attached to an aromatic ring is 1. The maximum absolute atomic E-state index is 12.5. The first kappa shape index (κ1) is 14.2. The Bertz CT molecular complexity index is 530. The van der Waals surface area contributed by atoms with Crippen molar-refractivity contribution in [3.8, 4) is 5.75 Å². The van der Waals surface area contributed by atoms with Gasteiger partial charge in [0, 0.05) is 12.1 Å². The van der Waals surface area contributed by atoms with E-state index in [0.29, 0.717) is 30.0 Å². The highest BCUT2D eigenvalue weighted by molar-refractivity contribution is 5.98. The average Bonchev–Trinajstić information content (AvgIpc) is 2.95. The van der Waals surface area contributed by atoms with Crippen LogP contribution in [-0.2, 0) is 9.53 Å². The molecule has 0 aromatic heterocycles. The Morgan fingerprint density at radius 3 is 2.75 bits per heavy atom. The van der Waals surface area contributed by atoms with E-state index < -0.39 is 6.04 Å². The Kier molecular flexibility index (Phi) is 4.12. The minimum Gasteiger partial charge on any atom is -0.495 e. The molecule has 0 radical (unpaired) electrons. The highest BCUT2D eigenvalue weighted by atomic mass is 16.5. The van der Waals surface area contributed by atoms with Crippen molar-refractivity contribution in [1.29, 1.82) is 0 Å². The summed E-state index contributed by atoms with van der Waals surface area (Å²) >= 11 is 0. The van der Waals surface area contributed by atoms with Gasteiger partial charge in [0.05, 0.1) is 19.9 Å². The van der Waals surface area contributed by atoms with Gasteiger partial charge in [0.25, 0.3) is 5.91 Å². The molecule has 6 nitrogen and oxygen atoms in total. The summed E-state index contributed by atoms with van der Waals surface area (Å²) in [6, 6.07) is 4.34. The number of likely N-dealkylation sites (tertiary alicyclic amines) is 1. The topological polar surface area (TPSA) is 81.9 Å². The molecule has 1 aromatic rings. The van der Waals surface area contributed by atoms with Gasteiger partial charge in [0.2, 0.25) is 0 Å². The van der Waals surface area contributed by atoms with Crippen LogP contribution >= 0.6 is 0 Å². The zero-order valence-corrected chi connectivity index (χ0v) is 11.6. The lowest BCUT2D eigenvalue weighted by Gasteiger charge is -2.23. The highest BCUT2D eigenvalue weighted by Crippen LogP contribution is 2.26. The van der Waals surface area contributed by atoms with Gasteiger partial charge in [-0.2, -0.15) is 0 Å². The lowest BCUT2D eigenvalue weighted by atomic mass is 10.1. The molecule has 0 saturated carbocycles. The summed E-state index contributed by atoms with van der Waals surface area (Å²) in [5.41, 5.74) is 6.64. The predicted molar refractivity (Wildman–Crippen MR) is 73.5 cm³/mol. The molecule has 1 unspecified atom stereocenters. The molecule has 1 amide bonds. The van der Waals surface area contributed by atoms with E-state index in [0.717, 1.165) is 6.42 Å². The first-order valence-electron chi connectivity index (χ1n) is 6.40. The second-order valence-corrected chi connectivity index (χ2v) is 4.64. The highest BCUT2D eigenvalue weighted by Gasteiger charge is 2.35. The quantitative estimate of drug-likeness (QED) is 0.660. The van der Waals surface area contributed by atoms with E-state index in [2.05, 4.69) is 0 Å². The van der Waals surface area contributed by atoms with Crippen molar-refractivity contribution < 1.29 is 19.1 Å². The second-order valence-electron chi connectivity index (χ2n) is 4.64. The van der Waals surface area contributed by atoms with Gasteiger partial charge < -0.3 is 20.1 Å². The van der Waals surface area contributed by atoms with Crippen LogP contribution in [0.4, 0.5) is 5.69 Å². The molecule has 1 fully saturated rings. The molecule has 1 atom stereocenters. The molecule has 1 aliphatic rings. The molecule has 2 N–H and O–H groups in total. The average molecular weight is 278 g/mol. The van der Waals surface area contributed by atoms with Crippen molar-refractivity contribution >= 4 is 17.6 Å². The van der Waals surface area contributed by atoms with Crippen LogP contribution in [0.1, 0.15) is 23.2 Å². The number of ether oxygens (including phenoxy) is 2. The number of benzene rings is 1. The Hall–Kier alpha value is -2.24. The predicted octanol–water partition coefficient (Wildman–Crippen LogP) is 1.06. The molecule has 1 aliphatic heterocycles. The number of hydrogen-bond acceptors (Lipinski definition) is 5. The molecule has 20 heavy (non-hydrogen) atoms. The number of carbonyl (C=O) groups excluding carboxylic acids is 2. The fraction of sp³-hybridized carbons (Fsp3) is 0.429. The molecule has 0 bridgehead atoms. The first-order valence-corrected chi connectivity index (χ1v) is 6.40. The second kappa shape index (κ2) is 5.81. The van der Waals surface area contributed by atoms with Crippen LogP contribution in [0, 0.1) is 0 Å². The van der Waals surface area contributed by atoms with Gasteiger partial charge in [0.15, 0.2) is 0 Å². The van der Waals surface area contributed by atoms with E-state index in [-0.39, 0.29) is 11.9 Å². The van der Waals surface area contributed by atoms with Crippen LogP contribution in [0.15, 0.2) is 18.2 Å². The van der Waals surface area contributed by atoms with Crippen LogP contribution < -0.4 is 10.5 Å². The summed E-state index contributed by atoms with van der Waals surface area (Å²) in [5.74, 6) is -0.140. The van der Waals surface area contributed by atoms with E-state index in [4.69, 9.17) is 15.2 Å². The molecule has 2 rings (SSSR count). The lowest BCUT2D eigenvalue weighted by Crippen LogP contribution is -2.41. The Morgan fingerprint density at radius 1 is 1.35 bits per heavy atom. The van der Waals surface area contributed by atoms with E-state index >= 15 is 0 Å². The van der Waals surface area contributed by atoms with Crippen molar-refractivity contribution in [3.05, 3.63) is 23.8 Å². The maximum Gasteiger partial charge on any atom is 0.328 e. The smallest absolute Gasteiger partial charge is 0.328 e. The number of esters is 1. The van der Waals surface area contributed by atoms with Crippen molar-refractivity contribution in [2.45, 2.75) is 18.9 Å². The van der Waals surface area contributed by atoms with Crippen LogP contribution in [0.3, 0.4) is 0 Å². The van der Waals surface area contributed by atoms with Crippen LogP contribution in [0.5, 0.6) is 5.75 Å². The van der Waals surface area contributed by atoms with Crippen molar-refractivity contribution in [3.63, 3.8) is 0 Å². The molecule has 1 aromatic carbocycles. The fourth-order valence-corrected chi connectivity index (χ4v) is 2.40. The van der Waals surface area contributed by atoms with Gasteiger partial charge in [0.1, 0.15) is 11.8 Å². The monoisotopic (exact) mass is 278 g/mol. The van der Waals surface area contributed by atoms with Crippen molar-refractivity contribution in [2.24, 2.45) is 0 Å². The van der Waals surface area contributed by atoms with Gasteiger partial charge in [-0.15, -0.1) is 0 Å². The fourth-order valence-electron chi connectivity index (χ4n) is 2.40. The third-order valence-corrected chi connectivity index (χ3v) is 3.47. The van der Waals surface area contributed by atoms with Crippen LogP contribution in [-0.4, -0.2) is 43.6 Å². The minimum absolute atomic E-state index is 0.212. The largest absolute Gasteiger partial charge is 0.495 e. The van der Waals surface area contributed by atoms with E-state index in [1.165, 1.54) is 19.1 Å². The van der Waals surface area contributed by atoms with Crippen LogP contribution in [0.2, 0.25) is 0 Å². The maximum atomic E-state index is 12.5. The SMILES string of the molecule is COC(=O)C1CCCN1C(=O)c1ccc(N)c(OC)c1. The standard InChI is InChI=1S/C14H18N2O4/c1-19-12-8-9(5-6-10(12)15)13(17)16-7-3-4-11(16)14(18)20-2/h5-6,8,11H,3-4,7,15H2,1-2H3. The van der Waals surface area contributed by atoms with Gasteiger partial charge in [-0.1, -0.05) is 0 Å². The summed E-state index contributed by atoms with van der Waals surface area (Å²) in [7, 11) is 2.82. The number of nitrogens with zero attached hydrogens (tertiary/aromatic N) is 1. The van der Waals surface area contributed by atoms with Crippen LogP contribution in [0.25, 0.3) is 0 Å². The summed E-state index contributed by atoms with van der Waals surface area (Å²) < 4.78 is 9.84. The Balaban J connectivity index is 2.24. The summed E-state index contributed by atoms with van der Waals surface area (Å²) in [5, 5.41) is 0. The zero-order valence-electron chi connectivity index (χ0n) is 11.6. The van der Waals surface area contributed by atoms with E-state index in [1.807, 2.05) is 0 Å². The summed E-state index contributed by atoms with van der Waals surface area (Å²) in [6.45, 7) is 0.547. The number of rotatable bonds is 3. The number of anilines is 1. The Morgan fingerprint density at radius 2 is 2.10 bits per heavy atom. The third kappa shape index (κ3) is 2.54. The normalized spacial score (nSPS) is 17.9. The van der Waals surface area contributed by atoms with Crippen molar-refractivity contribution in [2.75, 3.05) is 26.5 Å². The summed E-state index contributed by atoms with van der Waals surface area (Å²) in [6.07, 6.45) is 1.42. The van der Waals surface area contributed by atoms with Crippen molar-refractivity contribution in [1.82, 2.24) is 4.90 Å². The third-order valence-electron chi connectivity index (χ3n) is 3.47. The number of nitrogens with two attached hydrogens (primary N) is 1. The first-order chi connectivity index (χ1) is 9.58. The molecule has 6 heteroatoms. The molecular weight excluding hydrogens is 260 g/mol. The number of amides is 1. The lowest BCUT2D eigenvalue weighted by molar-refractivity contribution is -0.145. The van der Waals surface area contributed by atoms with Gasteiger partial charge in [-0.3, -0.25) is 4.79 Å². The molecule has 0 aliphatic carbocycles. The van der Waals surface area contributed by atoms with Gasteiger partial charge >= 0.3 is 5.97 Å². The molecule has 108 valence electrons. The van der Waals surface area contributed by atoms with Gasteiger partial charge in [-0.25, -0.2) is 4.79 Å². The molecule has 1 saturated heterocycles. The minimum atomic E-state index is -0.504. The Labute approximate surface area is 117 Å². The molecule has 0 spiro atoms. The number of hydrogen-bond donors (Lipinski definition) is 1. The number of carbonyl (C=O) groups is 2. The zero-order chi connectivity index (χ0) is 14.7.